The van der Waals surface area contributed by atoms with Gasteiger partial charge in [0.25, 0.3) is 5.56 Å². The third-order valence-corrected chi connectivity index (χ3v) is 2.88. The van der Waals surface area contributed by atoms with E-state index in [1.807, 2.05) is 0 Å². The molecule has 19 heavy (non-hydrogen) atoms. The van der Waals surface area contributed by atoms with E-state index in [9.17, 15) is 14.7 Å². The molecule has 1 aromatic heterocycles. The number of nitrogens with one attached hydrogen (secondary N) is 1. The van der Waals surface area contributed by atoms with Gasteiger partial charge in [0.15, 0.2) is 0 Å². The standard InChI is InChI=1S/C12H14N2O5/c1-14-5-7(11(17)13-12(14)18)2-3-8-4-9(16)10(6-15)19-8/h5,8-10,15-16H,4,6H2,1H3,(H,13,17,18)/t8-,9-,10+/m0/s1. The fourth-order valence-electron chi connectivity index (χ4n) is 1.80. The molecule has 0 unspecified atom stereocenters. The first-order chi connectivity index (χ1) is 9.01. The number of hydrogen-bond acceptors (Lipinski definition) is 5. The lowest BCUT2D eigenvalue weighted by atomic mass is 10.1. The minimum Gasteiger partial charge on any atom is -0.394 e. The summed E-state index contributed by atoms with van der Waals surface area (Å²) in [5.41, 5.74) is -0.927. The second-order valence-corrected chi connectivity index (χ2v) is 4.33. The maximum Gasteiger partial charge on any atom is 0.328 e. The summed E-state index contributed by atoms with van der Waals surface area (Å²) in [6.45, 7) is -0.278. The van der Waals surface area contributed by atoms with Gasteiger partial charge in [0.1, 0.15) is 17.8 Å². The first-order valence-corrected chi connectivity index (χ1v) is 5.77. The predicted molar refractivity (Wildman–Crippen MR) is 65.6 cm³/mol. The summed E-state index contributed by atoms with van der Waals surface area (Å²) in [4.78, 5) is 24.8. The van der Waals surface area contributed by atoms with Crippen LogP contribution >= 0.6 is 0 Å². The molecular weight excluding hydrogens is 252 g/mol. The van der Waals surface area contributed by atoms with Crippen LogP contribution in [0.25, 0.3) is 0 Å². The minimum atomic E-state index is -0.761. The Morgan fingerprint density at radius 2 is 2.32 bits per heavy atom. The lowest BCUT2D eigenvalue weighted by Gasteiger charge is -2.08. The van der Waals surface area contributed by atoms with Crippen LogP contribution in [0.1, 0.15) is 12.0 Å². The summed E-state index contributed by atoms with van der Waals surface area (Å²) < 4.78 is 6.50. The second-order valence-electron chi connectivity index (χ2n) is 4.33. The van der Waals surface area contributed by atoms with E-state index >= 15 is 0 Å². The minimum absolute atomic E-state index is 0.146. The molecule has 0 aromatic carbocycles. The number of ether oxygens (including phenoxy) is 1. The molecule has 2 rings (SSSR count). The molecule has 1 aromatic rings. The Morgan fingerprint density at radius 1 is 1.58 bits per heavy atom. The molecule has 1 saturated heterocycles. The number of nitrogens with zero attached hydrogens (tertiary/aromatic N) is 1. The van der Waals surface area contributed by atoms with Gasteiger partial charge >= 0.3 is 5.69 Å². The first kappa shape index (κ1) is 13.5. The summed E-state index contributed by atoms with van der Waals surface area (Å²) >= 11 is 0. The van der Waals surface area contributed by atoms with Crippen LogP contribution in [0.5, 0.6) is 0 Å². The maximum absolute atomic E-state index is 11.5. The monoisotopic (exact) mass is 266 g/mol. The Kier molecular flexibility index (Phi) is 3.85. The van der Waals surface area contributed by atoms with Crippen molar-refractivity contribution in [2.45, 2.75) is 24.7 Å². The molecule has 0 radical (unpaired) electrons. The van der Waals surface area contributed by atoms with Crippen LogP contribution in [0.4, 0.5) is 0 Å². The lowest BCUT2D eigenvalue weighted by molar-refractivity contribution is -0.00869. The van der Waals surface area contributed by atoms with Gasteiger partial charge in [-0.2, -0.15) is 0 Å². The van der Waals surface area contributed by atoms with Gasteiger partial charge in [0.05, 0.1) is 12.7 Å². The molecule has 3 N–H and O–H groups in total. The average Bonchev–Trinajstić information content (AvgIpc) is 2.73. The Hall–Kier alpha value is -1.88. The Morgan fingerprint density at radius 3 is 2.95 bits per heavy atom. The zero-order valence-corrected chi connectivity index (χ0v) is 10.3. The number of H-pyrrole nitrogens is 1. The molecule has 1 aliphatic rings. The number of aromatic nitrogens is 2. The maximum atomic E-state index is 11.5. The van der Waals surface area contributed by atoms with Gasteiger partial charge in [0, 0.05) is 19.7 Å². The number of rotatable bonds is 1. The van der Waals surface area contributed by atoms with E-state index in [0.717, 1.165) is 0 Å². The topological polar surface area (TPSA) is 105 Å². The Balaban J connectivity index is 2.20. The van der Waals surface area contributed by atoms with Crippen molar-refractivity contribution in [3.05, 3.63) is 32.6 Å². The number of aryl methyl sites for hydroxylation is 1. The quantitative estimate of drug-likeness (QED) is 0.507. The first-order valence-electron chi connectivity index (χ1n) is 5.77. The van der Waals surface area contributed by atoms with E-state index in [1.165, 1.54) is 17.8 Å². The van der Waals surface area contributed by atoms with Gasteiger partial charge in [-0.1, -0.05) is 11.8 Å². The summed E-state index contributed by atoms with van der Waals surface area (Å²) in [5, 5.41) is 18.4. The van der Waals surface area contributed by atoms with Gasteiger partial charge in [-0.25, -0.2) is 4.79 Å². The number of aliphatic hydroxyl groups is 2. The largest absolute Gasteiger partial charge is 0.394 e. The van der Waals surface area contributed by atoms with Crippen molar-refractivity contribution in [2.24, 2.45) is 7.05 Å². The van der Waals surface area contributed by atoms with Crippen LogP contribution < -0.4 is 11.2 Å². The van der Waals surface area contributed by atoms with Crippen molar-refractivity contribution < 1.29 is 14.9 Å². The zero-order chi connectivity index (χ0) is 14.0. The highest BCUT2D eigenvalue weighted by molar-refractivity contribution is 5.31. The summed E-state index contributed by atoms with van der Waals surface area (Å²) in [6.07, 6.45) is -0.325. The van der Waals surface area contributed by atoms with Crippen LogP contribution in [0, 0.1) is 11.8 Å². The molecule has 7 nitrogen and oxygen atoms in total. The van der Waals surface area contributed by atoms with E-state index in [4.69, 9.17) is 9.84 Å². The highest BCUT2D eigenvalue weighted by Gasteiger charge is 2.32. The lowest BCUT2D eigenvalue weighted by Crippen LogP contribution is -2.29. The van der Waals surface area contributed by atoms with Gasteiger partial charge in [-0.15, -0.1) is 0 Å². The highest BCUT2D eigenvalue weighted by atomic mass is 16.5. The van der Waals surface area contributed by atoms with Crippen molar-refractivity contribution in [2.75, 3.05) is 6.61 Å². The molecule has 102 valence electrons. The summed E-state index contributed by atoms with van der Waals surface area (Å²) in [5.74, 6) is 5.32. The van der Waals surface area contributed by atoms with Crippen molar-refractivity contribution in [1.82, 2.24) is 9.55 Å². The SMILES string of the molecule is Cn1cc(C#C[C@H]2C[C@H](O)[C@@H](CO)O2)c(=O)[nH]c1=O. The smallest absolute Gasteiger partial charge is 0.328 e. The van der Waals surface area contributed by atoms with E-state index in [0.29, 0.717) is 0 Å². The summed E-state index contributed by atoms with van der Waals surface area (Å²) in [7, 11) is 1.50. The molecule has 0 spiro atoms. The Labute approximate surface area is 108 Å². The van der Waals surface area contributed by atoms with Crippen molar-refractivity contribution in [3.8, 4) is 11.8 Å². The molecule has 0 saturated carbocycles. The molecule has 3 atom stereocenters. The number of aromatic amines is 1. The van der Waals surface area contributed by atoms with Gasteiger partial charge in [-0.05, 0) is 0 Å². The van der Waals surface area contributed by atoms with Crippen molar-refractivity contribution in [3.63, 3.8) is 0 Å². The molecule has 0 aliphatic carbocycles. The molecule has 2 heterocycles. The molecule has 0 bridgehead atoms. The Bertz CT molecular complexity index is 636. The number of hydrogen-bond donors (Lipinski definition) is 3. The van der Waals surface area contributed by atoms with E-state index in [-0.39, 0.29) is 18.6 Å². The van der Waals surface area contributed by atoms with Gasteiger partial charge in [-0.3, -0.25) is 9.78 Å². The summed E-state index contributed by atoms with van der Waals surface area (Å²) in [6, 6.07) is 0. The fraction of sp³-hybridized carbons (Fsp3) is 0.500. The highest BCUT2D eigenvalue weighted by Crippen LogP contribution is 2.19. The van der Waals surface area contributed by atoms with Crippen molar-refractivity contribution >= 4 is 0 Å². The van der Waals surface area contributed by atoms with E-state index < -0.39 is 29.6 Å². The molecule has 7 heteroatoms. The van der Waals surface area contributed by atoms with Gasteiger partial charge in [0.2, 0.25) is 0 Å². The molecule has 1 fully saturated rings. The van der Waals surface area contributed by atoms with E-state index in [2.05, 4.69) is 16.8 Å². The van der Waals surface area contributed by atoms with Crippen LogP contribution in [-0.4, -0.2) is 44.7 Å². The van der Waals surface area contributed by atoms with Crippen molar-refractivity contribution in [1.29, 1.82) is 0 Å². The van der Waals surface area contributed by atoms with E-state index in [1.54, 1.807) is 0 Å². The van der Waals surface area contributed by atoms with Crippen LogP contribution in [0.3, 0.4) is 0 Å². The predicted octanol–water partition coefficient (Wildman–Crippen LogP) is -2.06. The van der Waals surface area contributed by atoms with Gasteiger partial charge < -0.3 is 19.5 Å². The third kappa shape index (κ3) is 2.93. The third-order valence-electron chi connectivity index (χ3n) is 2.88. The zero-order valence-electron chi connectivity index (χ0n) is 10.3. The fourth-order valence-corrected chi connectivity index (χ4v) is 1.80. The van der Waals surface area contributed by atoms with Crippen LogP contribution in [-0.2, 0) is 11.8 Å². The molecule has 0 amide bonds. The normalized spacial score (nSPS) is 25.9. The van der Waals surface area contributed by atoms with Crippen LogP contribution in [0.15, 0.2) is 15.8 Å². The number of aliphatic hydroxyl groups excluding tert-OH is 2. The second kappa shape index (κ2) is 5.40. The van der Waals surface area contributed by atoms with Crippen LogP contribution in [0.2, 0.25) is 0 Å². The molecule has 1 aliphatic heterocycles. The average molecular weight is 266 g/mol. The molecular formula is C12H14N2O5.